The molecule has 0 saturated heterocycles. The van der Waals surface area contributed by atoms with E-state index in [1.807, 2.05) is 12.1 Å². The normalized spacial score (nSPS) is 11.0. The molecule has 3 aromatic rings. The number of benzene rings is 1. The maximum Gasteiger partial charge on any atom is 0.348 e. The van der Waals surface area contributed by atoms with Gasteiger partial charge >= 0.3 is 5.97 Å². The lowest BCUT2D eigenvalue weighted by molar-refractivity contribution is -0.384. The molecule has 0 N–H and O–H groups in total. The smallest absolute Gasteiger partial charge is 0.348 e. The molecule has 1 aromatic carbocycles. The summed E-state index contributed by atoms with van der Waals surface area (Å²) in [5, 5.41) is 30.0. The van der Waals surface area contributed by atoms with Gasteiger partial charge in [-0.05, 0) is 37.6 Å². The van der Waals surface area contributed by atoms with Gasteiger partial charge in [-0.3, -0.25) is 14.9 Å². The lowest BCUT2D eigenvalue weighted by Gasteiger charge is -2.03. The van der Waals surface area contributed by atoms with E-state index in [1.165, 1.54) is 24.3 Å². The molecule has 0 atom stereocenters. The van der Waals surface area contributed by atoms with Crippen LogP contribution in [0.2, 0.25) is 10.0 Å². The van der Waals surface area contributed by atoms with E-state index in [4.69, 9.17) is 32.4 Å². The molecule has 0 unspecified atom stereocenters. The van der Waals surface area contributed by atoms with Gasteiger partial charge in [-0.15, -0.1) is 11.3 Å². The van der Waals surface area contributed by atoms with Crippen LogP contribution >= 0.6 is 34.5 Å². The molecule has 0 fully saturated rings. The van der Waals surface area contributed by atoms with Crippen LogP contribution in [0.25, 0.3) is 17.4 Å². The van der Waals surface area contributed by atoms with Crippen LogP contribution < -0.4 is 0 Å². The van der Waals surface area contributed by atoms with E-state index in [0.29, 0.717) is 10.4 Å². The fraction of sp³-hybridized carbons (Fsp3) is 0.167. The summed E-state index contributed by atoms with van der Waals surface area (Å²) in [7, 11) is 0. The van der Waals surface area contributed by atoms with Gasteiger partial charge in [0.1, 0.15) is 33.6 Å². The number of nitrogens with zero attached hydrogens (tertiary/aromatic N) is 3. The van der Waals surface area contributed by atoms with Crippen molar-refractivity contribution >= 4 is 58.1 Å². The summed E-state index contributed by atoms with van der Waals surface area (Å²) in [4.78, 5) is 35.9. The number of carbonyl (C=O) groups excluding carboxylic acids is 2. The Morgan fingerprint density at radius 2 is 1.97 bits per heavy atom. The SMILES string of the molecule is CCOC(=O)c1sc(CC(=O)/C(C#N)=C/c2ccc(-c3cc(Cl)c([N+](=O)[O-])cc3Cl)o2)c(C#N)c1C. The quantitative estimate of drug-likeness (QED) is 0.106. The zero-order valence-corrected chi connectivity index (χ0v) is 21.1. The first-order valence-electron chi connectivity index (χ1n) is 10.2. The summed E-state index contributed by atoms with van der Waals surface area (Å²) in [6.07, 6.45) is 0.954. The number of hydrogen-bond acceptors (Lipinski definition) is 9. The number of ether oxygens (including phenoxy) is 1. The van der Waals surface area contributed by atoms with Crippen LogP contribution in [0.15, 0.2) is 34.3 Å². The van der Waals surface area contributed by atoms with Gasteiger partial charge < -0.3 is 9.15 Å². The monoisotopic (exact) mass is 543 g/mol. The minimum absolute atomic E-state index is 0.0297. The summed E-state index contributed by atoms with van der Waals surface area (Å²) in [5.74, 6) is -0.803. The van der Waals surface area contributed by atoms with Crippen molar-refractivity contribution in [2.45, 2.75) is 20.3 Å². The highest BCUT2D eigenvalue weighted by Gasteiger charge is 2.24. The lowest BCUT2D eigenvalue weighted by atomic mass is 10.0. The molecule has 182 valence electrons. The average molecular weight is 544 g/mol. The van der Waals surface area contributed by atoms with Crippen LogP contribution in [-0.2, 0) is 16.0 Å². The van der Waals surface area contributed by atoms with Crippen molar-refractivity contribution in [1.82, 2.24) is 0 Å². The molecule has 36 heavy (non-hydrogen) atoms. The second-order valence-corrected chi connectivity index (χ2v) is 9.12. The van der Waals surface area contributed by atoms with Crippen LogP contribution in [0, 0.1) is 39.7 Å². The van der Waals surface area contributed by atoms with Gasteiger partial charge in [0.15, 0.2) is 5.78 Å². The van der Waals surface area contributed by atoms with Crippen LogP contribution in [-0.4, -0.2) is 23.3 Å². The number of nitro groups is 1. The van der Waals surface area contributed by atoms with Crippen molar-refractivity contribution in [1.29, 1.82) is 10.5 Å². The minimum Gasteiger partial charge on any atom is -0.462 e. The molecule has 0 saturated carbocycles. The molecule has 12 heteroatoms. The number of ketones is 1. The lowest BCUT2D eigenvalue weighted by Crippen LogP contribution is -2.05. The topological polar surface area (TPSA) is 147 Å². The van der Waals surface area contributed by atoms with Gasteiger partial charge in [-0.1, -0.05) is 23.2 Å². The molecule has 0 aliphatic rings. The highest BCUT2D eigenvalue weighted by Crippen LogP contribution is 2.37. The number of carbonyl (C=O) groups is 2. The maximum absolute atomic E-state index is 12.9. The van der Waals surface area contributed by atoms with Crippen molar-refractivity contribution in [3.05, 3.63) is 76.6 Å². The van der Waals surface area contributed by atoms with E-state index in [9.17, 15) is 30.2 Å². The predicted octanol–water partition coefficient (Wildman–Crippen LogP) is 6.30. The number of Topliss-reactive ketones (excluding diaryl/α,β-unsaturated/α-hetero) is 1. The van der Waals surface area contributed by atoms with Gasteiger partial charge in [0.25, 0.3) is 5.69 Å². The second kappa shape index (κ2) is 11.2. The summed E-state index contributed by atoms with van der Waals surface area (Å²) in [5.41, 5.74) is 0.299. The molecule has 0 aliphatic carbocycles. The number of thiophene rings is 1. The zero-order valence-electron chi connectivity index (χ0n) is 18.8. The average Bonchev–Trinajstić information content (AvgIpc) is 3.42. The Morgan fingerprint density at radius 1 is 1.25 bits per heavy atom. The van der Waals surface area contributed by atoms with Gasteiger partial charge in [0.05, 0.1) is 27.7 Å². The Morgan fingerprint density at radius 3 is 2.58 bits per heavy atom. The summed E-state index contributed by atoms with van der Waals surface area (Å²) >= 11 is 13.1. The van der Waals surface area contributed by atoms with Crippen molar-refractivity contribution in [2.75, 3.05) is 6.61 Å². The van der Waals surface area contributed by atoms with Gasteiger partial charge in [0, 0.05) is 29.0 Å². The fourth-order valence-corrected chi connectivity index (χ4v) is 4.87. The van der Waals surface area contributed by atoms with E-state index in [-0.39, 0.29) is 61.9 Å². The number of furan rings is 1. The van der Waals surface area contributed by atoms with Crippen molar-refractivity contribution in [3.8, 4) is 23.5 Å². The first-order chi connectivity index (χ1) is 17.1. The fourth-order valence-electron chi connectivity index (χ4n) is 3.23. The van der Waals surface area contributed by atoms with Crippen molar-refractivity contribution in [2.24, 2.45) is 0 Å². The molecule has 3 rings (SSSR count). The Balaban J connectivity index is 1.89. The number of nitriles is 2. The standard InChI is InChI=1S/C24H15Cl2N3O6S/c1-3-34-24(31)23-12(2)16(11-28)22(36-23)9-20(30)13(10-27)6-14-4-5-21(35-14)15-7-18(26)19(29(32)33)8-17(15)25/h4-8H,3,9H2,1-2H3/b13-6+. The number of rotatable bonds is 8. The number of nitro benzene ring substituents is 1. The largest absolute Gasteiger partial charge is 0.462 e. The maximum atomic E-state index is 12.9. The molecule has 2 aromatic heterocycles. The van der Waals surface area contributed by atoms with Crippen LogP contribution in [0.1, 0.15) is 38.4 Å². The molecule has 9 nitrogen and oxygen atoms in total. The predicted molar refractivity (Wildman–Crippen MR) is 133 cm³/mol. The zero-order chi connectivity index (χ0) is 26.6. The summed E-state index contributed by atoms with van der Waals surface area (Å²) in [6.45, 7) is 3.41. The summed E-state index contributed by atoms with van der Waals surface area (Å²) < 4.78 is 10.7. The third kappa shape index (κ3) is 5.47. The summed E-state index contributed by atoms with van der Waals surface area (Å²) in [6, 6.07) is 9.20. The third-order valence-electron chi connectivity index (χ3n) is 4.95. The Hall–Kier alpha value is -3.96. The first kappa shape index (κ1) is 26.6. The van der Waals surface area contributed by atoms with Gasteiger partial charge in [-0.25, -0.2) is 4.79 Å². The highest BCUT2D eigenvalue weighted by atomic mass is 35.5. The number of esters is 1. The van der Waals surface area contributed by atoms with E-state index in [0.717, 1.165) is 17.4 Å². The molecular weight excluding hydrogens is 529 g/mol. The van der Waals surface area contributed by atoms with Crippen LogP contribution in [0.4, 0.5) is 5.69 Å². The number of halogens is 2. The molecule has 0 radical (unpaired) electrons. The Kier molecular flexibility index (Phi) is 8.28. The molecule has 0 amide bonds. The van der Waals surface area contributed by atoms with E-state index in [1.54, 1.807) is 13.8 Å². The highest BCUT2D eigenvalue weighted by molar-refractivity contribution is 7.14. The number of allylic oxidation sites excluding steroid dienone is 1. The van der Waals surface area contributed by atoms with Gasteiger partial charge in [0.2, 0.25) is 0 Å². The van der Waals surface area contributed by atoms with E-state index < -0.39 is 16.7 Å². The minimum atomic E-state index is -0.665. The van der Waals surface area contributed by atoms with E-state index in [2.05, 4.69) is 0 Å². The van der Waals surface area contributed by atoms with Crippen molar-refractivity contribution < 1.29 is 23.7 Å². The van der Waals surface area contributed by atoms with E-state index >= 15 is 0 Å². The second-order valence-electron chi connectivity index (χ2n) is 7.20. The van der Waals surface area contributed by atoms with Gasteiger partial charge in [-0.2, -0.15) is 10.5 Å². The van der Waals surface area contributed by atoms with Crippen LogP contribution in [0.3, 0.4) is 0 Å². The molecule has 0 aliphatic heterocycles. The third-order valence-corrected chi connectivity index (χ3v) is 6.83. The molecule has 2 heterocycles. The van der Waals surface area contributed by atoms with Crippen LogP contribution in [0.5, 0.6) is 0 Å². The van der Waals surface area contributed by atoms with Crippen molar-refractivity contribution in [3.63, 3.8) is 0 Å². The first-order valence-corrected chi connectivity index (χ1v) is 11.8. The molecular formula is C24H15Cl2N3O6S. The number of hydrogen-bond donors (Lipinski definition) is 0. The molecule has 0 bridgehead atoms. The Bertz CT molecular complexity index is 1510. The Labute approximate surface area is 218 Å². The molecule has 0 spiro atoms.